The van der Waals surface area contributed by atoms with E-state index in [0.29, 0.717) is 12.4 Å². The van der Waals surface area contributed by atoms with E-state index in [2.05, 4.69) is 15.5 Å². The smallest absolute Gasteiger partial charge is 0.267 e. The third-order valence-electron chi connectivity index (χ3n) is 2.94. The topological polar surface area (TPSA) is 81.8 Å². The molecular formula is C14H19N5O2. The number of carbonyl (C=O) groups excluding carboxylic acids is 1. The van der Waals surface area contributed by atoms with Gasteiger partial charge in [-0.05, 0) is 32.4 Å². The van der Waals surface area contributed by atoms with Crippen LogP contribution in [0.4, 0.5) is 0 Å². The third-order valence-corrected chi connectivity index (χ3v) is 2.94. The fourth-order valence-corrected chi connectivity index (χ4v) is 1.98. The van der Waals surface area contributed by atoms with Gasteiger partial charge in [0.2, 0.25) is 5.91 Å². The highest BCUT2D eigenvalue weighted by atomic mass is 16.2. The number of amides is 1. The maximum absolute atomic E-state index is 11.8. The van der Waals surface area contributed by atoms with Crippen molar-refractivity contribution in [2.45, 2.75) is 33.7 Å². The number of rotatable bonds is 5. The van der Waals surface area contributed by atoms with E-state index in [-0.39, 0.29) is 18.0 Å². The minimum Gasteiger partial charge on any atom is -0.355 e. The number of aryl methyl sites for hydroxylation is 2. The van der Waals surface area contributed by atoms with E-state index < -0.39 is 0 Å². The zero-order chi connectivity index (χ0) is 15.4. The van der Waals surface area contributed by atoms with E-state index in [1.54, 1.807) is 10.7 Å². The molecule has 0 bridgehead atoms. The summed E-state index contributed by atoms with van der Waals surface area (Å²) in [6, 6.07) is 4.92. The maximum Gasteiger partial charge on any atom is 0.267 e. The fraction of sp³-hybridized carbons (Fsp3) is 0.429. The van der Waals surface area contributed by atoms with Gasteiger partial charge in [0, 0.05) is 18.3 Å². The molecule has 0 radical (unpaired) electrons. The van der Waals surface area contributed by atoms with Crippen LogP contribution in [-0.4, -0.2) is 32.0 Å². The van der Waals surface area contributed by atoms with E-state index in [4.69, 9.17) is 0 Å². The summed E-state index contributed by atoms with van der Waals surface area (Å²) in [6.07, 6.45) is 0.847. The second kappa shape index (κ2) is 6.34. The lowest BCUT2D eigenvalue weighted by Crippen LogP contribution is -2.34. The number of aromatic nitrogens is 4. The lowest BCUT2D eigenvalue weighted by molar-refractivity contribution is -0.121. The zero-order valence-electron chi connectivity index (χ0n) is 12.5. The van der Waals surface area contributed by atoms with Gasteiger partial charge in [-0.1, -0.05) is 6.92 Å². The van der Waals surface area contributed by atoms with Gasteiger partial charge in [0.05, 0.1) is 5.69 Å². The molecule has 0 atom stereocenters. The minimum absolute atomic E-state index is 0.0913. The van der Waals surface area contributed by atoms with E-state index in [0.717, 1.165) is 22.5 Å². The molecule has 0 spiro atoms. The van der Waals surface area contributed by atoms with Gasteiger partial charge in [-0.3, -0.25) is 9.59 Å². The Labute approximate surface area is 122 Å². The highest BCUT2D eigenvalue weighted by Gasteiger charge is 2.09. The molecule has 0 saturated heterocycles. The van der Waals surface area contributed by atoms with E-state index >= 15 is 0 Å². The Balaban J connectivity index is 2.27. The number of nitrogens with one attached hydrogen (secondary N) is 1. The summed E-state index contributed by atoms with van der Waals surface area (Å²) < 4.78 is 2.80. The molecular weight excluding hydrogens is 270 g/mol. The van der Waals surface area contributed by atoms with E-state index in [9.17, 15) is 9.59 Å². The van der Waals surface area contributed by atoms with Crippen LogP contribution in [0.2, 0.25) is 0 Å². The SMILES string of the molecule is CCCNC(=O)Cn1nc(-n2nc(C)cc2C)ccc1=O. The highest BCUT2D eigenvalue weighted by Crippen LogP contribution is 2.07. The predicted octanol–water partition coefficient (Wildman–Crippen LogP) is 0.572. The van der Waals surface area contributed by atoms with Crippen LogP contribution in [0.25, 0.3) is 5.82 Å². The second-order valence-electron chi connectivity index (χ2n) is 4.88. The van der Waals surface area contributed by atoms with Crippen LogP contribution in [0, 0.1) is 13.8 Å². The van der Waals surface area contributed by atoms with Crippen molar-refractivity contribution in [3.8, 4) is 5.82 Å². The molecule has 0 aromatic carbocycles. The Morgan fingerprint density at radius 3 is 2.67 bits per heavy atom. The van der Waals surface area contributed by atoms with Gasteiger partial charge in [-0.2, -0.15) is 5.10 Å². The van der Waals surface area contributed by atoms with Crippen molar-refractivity contribution in [2.24, 2.45) is 0 Å². The molecule has 1 amide bonds. The highest BCUT2D eigenvalue weighted by molar-refractivity contribution is 5.75. The quantitative estimate of drug-likeness (QED) is 0.872. The van der Waals surface area contributed by atoms with Crippen LogP contribution < -0.4 is 10.9 Å². The summed E-state index contributed by atoms with van der Waals surface area (Å²) in [5, 5.41) is 11.2. The first-order valence-electron chi connectivity index (χ1n) is 6.89. The summed E-state index contributed by atoms with van der Waals surface area (Å²) in [6.45, 7) is 6.26. The van der Waals surface area contributed by atoms with Gasteiger partial charge < -0.3 is 5.32 Å². The maximum atomic E-state index is 11.8. The molecule has 0 aliphatic heterocycles. The molecule has 0 saturated carbocycles. The molecule has 7 nitrogen and oxygen atoms in total. The van der Waals surface area contributed by atoms with Crippen LogP contribution >= 0.6 is 0 Å². The van der Waals surface area contributed by atoms with Crippen LogP contribution in [0.3, 0.4) is 0 Å². The van der Waals surface area contributed by atoms with Gasteiger partial charge in [0.1, 0.15) is 6.54 Å². The average molecular weight is 289 g/mol. The van der Waals surface area contributed by atoms with Gasteiger partial charge in [-0.25, -0.2) is 9.36 Å². The Kier molecular flexibility index (Phi) is 4.52. The van der Waals surface area contributed by atoms with Gasteiger partial charge in [0.15, 0.2) is 5.82 Å². The van der Waals surface area contributed by atoms with Gasteiger partial charge in [0.25, 0.3) is 5.56 Å². The van der Waals surface area contributed by atoms with Gasteiger partial charge in [-0.15, -0.1) is 5.10 Å². The molecule has 2 aromatic rings. The summed E-state index contributed by atoms with van der Waals surface area (Å²) in [5.41, 5.74) is 1.47. The van der Waals surface area contributed by atoms with E-state index in [1.165, 1.54) is 6.07 Å². The first-order valence-corrected chi connectivity index (χ1v) is 6.89. The molecule has 1 N–H and O–H groups in total. The summed E-state index contributed by atoms with van der Waals surface area (Å²) in [7, 11) is 0. The summed E-state index contributed by atoms with van der Waals surface area (Å²) in [5.74, 6) is 0.292. The third kappa shape index (κ3) is 3.56. The normalized spacial score (nSPS) is 10.6. The van der Waals surface area contributed by atoms with Crippen molar-refractivity contribution in [3.05, 3.63) is 39.9 Å². The number of nitrogens with zero attached hydrogens (tertiary/aromatic N) is 4. The molecule has 2 rings (SSSR count). The second-order valence-corrected chi connectivity index (χ2v) is 4.88. The first-order chi connectivity index (χ1) is 10.0. The molecule has 2 heterocycles. The van der Waals surface area contributed by atoms with Crippen LogP contribution in [-0.2, 0) is 11.3 Å². The minimum atomic E-state index is -0.313. The van der Waals surface area contributed by atoms with Crippen molar-refractivity contribution in [2.75, 3.05) is 6.54 Å². The Morgan fingerprint density at radius 1 is 1.29 bits per heavy atom. The van der Waals surface area contributed by atoms with Crippen molar-refractivity contribution in [3.63, 3.8) is 0 Å². The predicted molar refractivity (Wildman–Crippen MR) is 78.4 cm³/mol. The van der Waals surface area contributed by atoms with Crippen molar-refractivity contribution in [1.82, 2.24) is 24.9 Å². The molecule has 112 valence electrons. The molecule has 0 aliphatic rings. The summed E-state index contributed by atoms with van der Waals surface area (Å²) >= 11 is 0. The number of hydrogen-bond acceptors (Lipinski definition) is 4. The molecule has 0 fully saturated rings. The fourth-order valence-electron chi connectivity index (χ4n) is 1.98. The average Bonchev–Trinajstić information content (AvgIpc) is 2.78. The molecule has 0 unspecified atom stereocenters. The molecule has 7 heteroatoms. The first kappa shape index (κ1) is 15.0. The molecule has 0 aliphatic carbocycles. The lowest BCUT2D eigenvalue weighted by Gasteiger charge is -2.08. The van der Waals surface area contributed by atoms with Crippen LogP contribution in [0.5, 0.6) is 0 Å². The van der Waals surface area contributed by atoms with Crippen LogP contribution in [0.15, 0.2) is 23.0 Å². The Hall–Kier alpha value is -2.44. The van der Waals surface area contributed by atoms with Crippen molar-refractivity contribution < 1.29 is 4.79 Å². The number of carbonyl (C=O) groups is 1. The van der Waals surface area contributed by atoms with Crippen molar-refractivity contribution in [1.29, 1.82) is 0 Å². The van der Waals surface area contributed by atoms with Crippen LogP contribution in [0.1, 0.15) is 24.7 Å². The molecule has 2 aromatic heterocycles. The van der Waals surface area contributed by atoms with Gasteiger partial charge >= 0.3 is 0 Å². The largest absolute Gasteiger partial charge is 0.355 e. The zero-order valence-corrected chi connectivity index (χ0v) is 12.5. The lowest BCUT2D eigenvalue weighted by atomic mass is 10.4. The Morgan fingerprint density at radius 2 is 2.05 bits per heavy atom. The van der Waals surface area contributed by atoms with Crippen molar-refractivity contribution >= 4 is 5.91 Å². The Bertz CT molecular complexity index is 702. The summed E-state index contributed by atoms with van der Waals surface area (Å²) in [4.78, 5) is 23.5. The molecule has 21 heavy (non-hydrogen) atoms. The van der Waals surface area contributed by atoms with E-state index in [1.807, 2.05) is 26.8 Å². The number of hydrogen-bond donors (Lipinski definition) is 1. The monoisotopic (exact) mass is 289 g/mol. The standard InChI is InChI=1S/C14H19N5O2/c1-4-7-15-13(20)9-18-14(21)6-5-12(17-18)19-11(3)8-10(2)16-19/h5-6,8H,4,7,9H2,1-3H3,(H,15,20).